The molecular formula is C68H133NO5. The molecule has 0 heterocycles. The summed E-state index contributed by atoms with van der Waals surface area (Å²) in [7, 11) is 0. The Bertz CT molecular complexity index is 1110. The van der Waals surface area contributed by atoms with Gasteiger partial charge in [-0.3, -0.25) is 9.59 Å². The normalized spacial score (nSPS) is 12.5. The number of aliphatic hydroxyl groups is 2. The monoisotopic (exact) mass is 1040 g/mol. The minimum atomic E-state index is -0.848. The first-order valence-corrected chi connectivity index (χ1v) is 34.0. The topological polar surface area (TPSA) is 95.9 Å². The standard InChI is InChI=1S/C68H133NO5/c1-3-5-7-9-11-13-15-17-19-21-22-23-24-25-26-29-32-36-40-44-48-52-56-60-66(71)65(64-70)69-67(72)61-57-53-49-45-41-37-33-30-27-28-31-35-39-43-47-51-55-59-63-74-68(73)62-58-54-50-46-42-38-34-20-18-16-14-12-10-8-6-4-2/h56,60,65-66,70-71H,3-55,57-59,61-64H2,1-2H3,(H,69,72)/b60-56+. The molecule has 74 heavy (non-hydrogen) atoms. The highest BCUT2D eigenvalue weighted by Crippen LogP contribution is 2.19. The van der Waals surface area contributed by atoms with Crippen LogP contribution in [0.1, 0.15) is 386 Å². The molecule has 0 rings (SSSR count). The average Bonchev–Trinajstić information content (AvgIpc) is 3.40. The summed E-state index contributed by atoms with van der Waals surface area (Å²) >= 11 is 0. The van der Waals surface area contributed by atoms with Gasteiger partial charge in [-0.25, -0.2) is 0 Å². The zero-order valence-electron chi connectivity index (χ0n) is 50.4. The van der Waals surface area contributed by atoms with Crippen LogP contribution in [-0.2, 0) is 14.3 Å². The Hall–Kier alpha value is -1.40. The van der Waals surface area contributed by atoms with Crippen molar-refractivity contribution >= 4 is 11.9 Å². The van der Waals surface area contributed by atoms with Gasteiger partial charge in [0.05, 0.1) is 25.4 Å². The summed E-state index contributed by atoms with van der Waals surface area (Å²) in [6.07, 6.45) is 78.4. The highest BCUT2D eigenvalue weighted by Gasteiger charge is 2.18. The lowest BCUT2D eigenvalue weighted by Crippen LogP contribution is -2.45. The van der Waals surface area contributed by atoms with Crippen molar-refractivity contribution in [2.75, 3.05) is 13.2 Å². The summed E-state index contributed by atoms with van der Waals surface area (Å²) in [4.78, 5) is 24.6. The van der Waals surface area contributed by atoms with Crippen molar-refractivity contribution in [3.8, 4) is 0 Å². The summed E-state index contributed by atoms with van der Waals surface area (Å²) in [5.74, 6) is -0.0560. The van der Waals surface area contributed by atoms with Crippen molar-refractivity contribution in [1.29, 1.82) is 0 Å². The van der Waals surface area contributed by atoms with Gasteiger partial charge in [-0.15, -0.1) is 0 Å². The molecule has 0 aromatic rings. The van der Waals surface area contributed by atoms with Gasteiger partial charge in [-0.05, 0) is 32.1 Å². The molecule has 0 aromatic carbocycles. The van der Waals surface area contributed by atoms with Crippen molar-refractivity contribution in [2.24, 2.45) is 0 Å². The van der Waals surface area contributed by atoms with Crippen LogP contribution in [0.2, 0.25) is 0 Å². The van der Waals surface area contributed by atoms with Gasteiger partial charge < -0.3 is 20.3 Å². The van der Waals surface area contributed by atoms with E-state index in [4.69, 9.17) is 4.74 Å². The van der Waals surface area contributed by atoms with Gasteiger partial charge in [0.2, 0.25) is 5.91 Å². The highest BCUT2D eigenvalue weighted by molar-refractivity contribution is 5.76. The van der Waals surface area contributed by atoms with E-state index in [0.29, 0.717) is 19.4 Å². The molecule has 2 atom stereocenters. The van der Waals surface area contributed by atoms with Gasteiger partial charge in [0.15, 0.2) is 0 Å². The fourth-order valence-electron chi connectivity index (χ4n) is 10.9. The number of amides is 1. The van der Waals surface area contributed by atoms with E-state index in [1.165, 1.54) is 321 Å². The number of carbonyl (C=O) groups excluding carboxylic acids is 2. The molecule has 0 saturated heterocycles. The molecule has 2 unspecified atom stereocenters. The van der Waals surface area contributed by atoms with Gasteiger partial charge in [-0.2, -0.15) is 0 Å². The number of hydrogen-bond donors (Lipinski definition) is 3. The Morgan fingerprint density at radius 1 is 0.365 bits per heavy atom. The van der Waals surface area contributed by atoms with Crippen LogP contribution < -0.4 is 5.32 Å². The summed E-state index contributed by atoms with van der Waals surface area (Å²) in [5.41, 5.74) is 0. The fraction of sp³-hybridized carbons (Fsp3) is 0.941. The number of carbonyl (C=O) groups is 2. The summed E-state index contributed by atoms with van der Waals surface area (Å²) in [5, 5.41) is 23.2. The van der Waals surface area contributed by atoms with Crippen LogP contribution in [0.4, 0.5) is 0 Å². The van der Waals surface area contributed by atoms with Crippen LogP contribution in [0.5, 0.6) is 0 Å². The van der Waals surface area contributed by atoms with Crippen molar-refractivity contribution in [3.05, 3.63) is 12.2 Å². The number of aliphatic hydroxyl groups excluding tert-OH is 2. The van der Waals surface area contributed by atoms with Gasteiger partial charge in [-0.1, -0.05) is 353 Å². The molecule has 0 aliphatic carbocycles. The molecule has 0 fully saturated rings. The van der Waals surface area contributed by atoms with Crippen LogP contribution >= 0.6 is 0 Å². The molecule has 0 aromatic heterocycles. The lowest BCUT2D eigenvalue weighted by molar-refractivity contribution is -0.143. The van der Waals surface area contributed by atoms with Crippen molar-refractivity contribution in [3.63, 3.8) is 0 Å². The number of esters is 1. The van der Waals surface area contributed by atoms with Gasteiger partial charge >= 0.3 is 5.97 Å². The highest BCUT2D eigenvalue weighted by atomic mass is 16.5. The molecule has 6 nitrogen and oxygen atoms in total. The van der Waals surface area contributed by atoms with E-state index in [1.54, 1.807) is 6.08 Å². The lowest BCUT2D eigenvalue weighted by atomic mass is 10.0. The van der Waals surface area contributed by atoms with E-state index >= 15 is 0 Å². The summed E-state index contributed by atoms with van der Waals surface area (Å²) < 4.78 is 5.50. The molecule has 0 spiro atoms. The van der Waals surface area contributed by atoms with Crippen LogP contribution in [0.25, 0.3) is 0 Å². The Morgan fingerprint density at radius 2 is 0.622 bits per heavy atom. The zero-order valence-corrected chi connectivity index (χ0v) is 50.4. The Morgan fingerprint density at radius 3 is 0.919 bits per heavy atom. The summed E-state index contributed by atoms with van der Waals surface area (Å²) in [6.45, 7) is 4.94. The molecule has 0 aliphatic rings. The van der Waals surface area contributed by atoms with E-state index in [2.05, 4.69) is 19.2 Å². The summed E-state index contributed by atoms with van der Waals surface area (Å²) in [6, 6.07) is -0.631. The predicted molar refractivity (Wildman–Crippen MR) is 324 cm³/mol. The van der Waals surface area contributed by atoms with Crippen LogP contribution in [0.3, 0.4) is 0 Å². The maximum Gasteiger partial charge on any atom is 0.305 e. The third kappa shape index (κ3) is 59.8. The number of unbranched alkanes of at least 4 members (excludes halogenated alkanes) is 53. The largest absolute Gasteiger partial charge is 0.466 e. The van der Waals surface area contributed by atoms with Crippen LogP contribution in [-0.4, -0.2) is 47.4 Å². The smallest absolute Gasteiger partial charge is 0.305 e. The van der Waals surface area contributed by atoms with E-state index in [0.717, 1.165) is 38.5 Å². The van der Waals surface area contributed by atoms with Crippen LogP contribution in [0, 0.1) is 0 Å². The van der Waals surface area contributed by atoms with Crippen molar-refractivity contribution in [1.82, 2.24) is 5.32 Å². The molecule has 0 radical (unpaired) electrons. The maximum atomic E-state index is 12.5. The second kappa shape index (κ2) is 64.1. The van der Waals surface area contributed by atoms with E-state index in [9.17, 15) is 19.8 Å². The van der Waals surface area contributed by atoms with Gasteiger partial charge in [0.25, 0.3) is 0 Å². The Balaban J connectivity index is 3.42. The first-order valence-electron chi connectivity index (χ1n) is 34.0. The number of ether oxygens (including phenoxy) is 1. The van der Waals surface area contributed by atoms with Crippen molar-refractivity contribution < 1.29 is 24.5 Å². The number of hydrogen-bond acceptors (Lipinski definition) is 5. The van der Waals surface area contributed by atoms with Gasteiger partial charge in [0, 0.05) is 12.8 Å². The van der Waals surface area contributed by atoms with Crippen molar-refractivity contribution in [2.45, 2.75) is 398 Å². The molecule has 0 saturated carbocycles. The molecule has 6 heteroatoms. The number of rotatable bonds is 64. The lowest BCUT2D eigenvalue weighted by Gasteiger charge is -2.20. The average molecular weight is 1040 g/mol. The van der Waals surface area contributed by atoms with E-state index in [-0.39, 0.29) is 18.5 Å². The number of nitrogens with one attached hydrogen (secondary N) is 1. The second-order valence-electron chi connectivity index (χ2n) is 23.5. The Kier molecular flexibility index (Phi) is 62.9. The van der Waals surface area contributed by atoms with Gasteiger partial charge in [0.1, 0.15) is 0 Å². The second-order valence-corrected chi connectivity index (χ2v) is 23.5. The first-order chi connectivity index (χ1) is 36.5. The third-order valence-corrected chi connectivity index (χ3v) is 16.1. The molecule has 440 valence electrons. The minimum absolute atomic E-state index is 0.0112. The zero-order chi connectivity index (χ0) is 53.6. The quantitative estimate of drug-likeness (QED) is 0.0320. The Labute approximate surface area is 463 Å². The first kappa shape index (κ1) is 72.6. The van der Waals surface area contributed by atoms with E-state index in [1.807, 2.05) is 6.08 Å². The fourth-order valence-corrected chi connectivity index (χ4v) is 10.9. The number of allylic oxidation sites excluding steroid dienone is 1. The minimum Gasteiger partial charge on any atom is -0.466 e. The SMILES string of the molecule is CCCCCCCCCCCCCCCCCCCCCCC/C=C/C(O)C(CO)NC(=O)CCCCCCCCCCCCCCCCCCCCOC(=O)CCCCCCCCCCCCCCCCCC. The molecular weight excluding hydrogens is 911 g/mol. The molecule has 3 N–H and O–H groups in total. The van der Waals surface area contributed by atoms with Crippen LogP contribution in [0.15, 0.2) is 12.2 Å². The van der Waals surface area contributed by atoms with E-state index < -0.39 is 12.1 Å². The third-order valence-electron chi connectivity index (χ3n) is 16.1. The molecule has 0 aliphatic heterocycles. The maximum absolute atomic E-state index is 12.5. The molecule has 1 amide bonds. The predicted octanol–water partition coefficient (Wildman–Crippen LogP) is 21.6. The molecule has 0 bridgehead atoms.